The van der Waals surface area contributed by atoms with Crippen molar-refractivity contribution in [3.05, 3.63) is 40.3 Å². The molecule has 0 spiro atoms. The zero-order chi connectivity index (χ0) is 11.7. The molecule has 0 saturated carbocycles. The van der Waals surface area contributed by atoms with Crippen molar-refractivity contribution >= 4 is 21.8 Å². The third-order valence-corrected chi connectivity index (χ3v) is 2.63. The standard InChI is InChI=1S/C10H9BrN4O/c1-6-2-8(11)10(13-3-6)15-5-7(4-14-15)9(12)16/h2-5H,1H3,(H2,12,16). The molecule has 2 aromatic rings. The average molecular weight is 281 g/mol. The maximum absolute atomic E-state index is 10.9. The second-order valence-electron chi connectivity index (χ2n) is 3.36. The summed E-state index contributed by atoms with van der Waals surface area (Å²) in [5.41, 5.74) is 6.54. The van der Waals surface area contributed by atoms with Crippen LogP contribution in [-0.2, 0) is 0 Å². The predicted octanol–water partition coefficient (Wildman–Crippen LogP) is 1.44. The molecule has 0 aromatic carbocycles. The Bertz CT molecular complexity index is 550. The number of primary amides is 1. The van der Waals surface area contributed by atoms with E-state index in [2.05, 4.69) is 26.0 Å². The molecule has 6 heteroatoms. The molecule has 0 unspecified atom stereocenters. The molecule has 5 nitrogen and oxygen atoms in total. The number of carbonyl (C=O) groups is 1. The van der Waals surface area contributed by atoms with Crippen LogP contribution in [0.25, 0.3) is 5.82 Å². The molecule has 16 heavy (non-hydrogen) atoms. The highest BCUT2D eigenvalue weighted by Gasteiger charge is 2.08. The van der Waals surface area contributed by atoms with Gasteiger partial charge in [-0.25, -0.2) is 9.67 Å². The lowest BCUT2D eigenvalue weighted by Gasteiger charge is -2.03. The van der Waals surface area contributed by atoms with Crippen molar-refractivity contribution < 1.29 is 4.79 Å². The van der Waals surface area contributed by atoms with Crippen LogP contribution in [0.3, 0.4) is 0 Å². The van der Waals surface area contributed by atoms with Gasteiger partial charge in [-0.2, -0.15) is 5.10 Å². The smallest absolute Gasteiger partial charge is 0.251 e. The summed E-state index contributed by atoms with van der Waals surface area (Å²) in [5.74, 6) is 0.118. The lowest BCUT2D eigenvalue weighted by Crippen LogP contribution is -2.09. The molecule has 0 aliphatic rings. The third-order valence-electron chi connectivity index (χ3n) is 2.04. The third kappa shape index (κ3) is 1.96. The molecule has 0 bridgehead atoms. The number of aromatic nitrogens is 3. The van der Waals surface area contributed by atoms with Crippen LogP contribution in [0.15, 0.2) is 29.1 Å². The normalized spacial score (nSPS) is 10.4. The summed E-state index contributed by atoms with van der Waals surface area (Å²) >= 11 is 3.39. The van der Waals surface area contributed by atoms with Crippen molar-refractivity contribution in [3.63, 3.8) is 0 Å². The summed E-state index contributed by atoms with van der Waals surface area (Å²) in [6.45, 7) is 1.94. The lowest BCUT2D eigenvalue weighted by atomic mass is 10.3. The first kappa shape index (κ1) is 10.8. The van der Waals surface area contributed by atoms with Crippen molar-refractivity contribution in [2.75, 3.05) is 0 Å². The Balaban J connectivity index is 2.46. The van der Waals surface area contributed by atoms with E-state index in [0.717, 1.165) is 10.0 Å². The molecule has 0 radical (unpaired) electrons. The van der Waals surface area contributed by atoms with E-state index in [9.17, 15) is 4.79 Å². The van der Waals surface area contributed by atoms with Crippen LogP contribution in [-0.4, -0.2) is 20.7 Å². The van der Waals surface area contributed by atoms with Crippen LogP contribution in [0.5, 0.6) is 0 Å². The number of nitrogens with two attached hydrogens (primary N) is 1. The van der Waals surface area contributed by atoms with Crippen molar-refractivity contribution in [2.24, 2.45) is 5.73 Å². The fourth-order valence-electron chi connectivity index (χ4n) is 1.26. The Hall–Kier alpha value is -1.69. The minimum Gasteiger partial charge on any atom is -0.366 e. The van der Waals surface area contributed by atoms with Gasteiger partial charge in [-0.15, -0.1) is 0 Å². The highest BCUT2D eigenvalue weighted by atomic mass is 79.9. The number of nitrogens with zero attached hydrogens (tertiary/aromatic N) is 3. The number of hydrogen-bond acceptors (Lipinski definition) is 3. The van der Waals surface area contributed by atoms with Gasteiger partial charge in [0, 0.05) is 12.4 Å². The van der Waals surface area contributed by atoms with Crippen LogP contribution in [0, 0.1) is 6.92 Å². The van der Waals surface area contributed by atoms with Gasteiger partial charge >= 0.3 is 0 Å². The zero-order valence-electron chi connectivity index (χ0n) is 8.51. The summed E-state index contributed by atoms with van der Waals surface area (Å²) < 4.78 is 2.32. The van der Waals surface area contributed by atoms with Gasteiger partial charge in [-0.1, -0.05) is 0 Å². The molecule has 2 rings (SSSR count). The van der Waals surface area contributed by atoms with Gasteiger partial charge in [-0.3, -0.25) is 4.79 Å². The SMILES string of the molecule is Cc1cnc(-n2cc(C(N)=O)cn2)c(Br)c1. The number of amides is 1. The van der Waals surface area contributed by atoms with Crippen LogP contribution in [0.2, 0.25) is 0 Å². The van der Waals surface area contributed by atoms with E-state index in [-0.39, 0.29) is 0 Å². The Morgan fingerprint density at radius 3 is 2.81 bits per heavy atom. The Kier molecular flexibility index (Phi) is 2.74. The van der Waals surface area contributed by atoms with Gasteiger partial charge in [0.05, 0.1) is 16.2 Å². The van der Waals surface area contributed by atoms with E-state index in [1.54, 1.807) is 12.4 Å². The number of rotatable bonds is 2. The van der Waals surface area contributed by atoms with E-state index in [1.807, 2.05) is 13.0 Å². The molecule has 2 N–H and O–H groups in total. The predicted molar refractivity (Wildman–Crippen MR) is 62.3 cm³/mol. The van der Waals surface area contributed by atoms with Crippen LogP contribution < -0.4 is 5.73 Å². The zero-order valence-corrected chi connectivity index (χ0v) is 10.1. The quantitative estimate of drug-likeness (QED) is 0.905. The molecular weight excluding hydrogens is 272 g/mol. The number of aryl methyl sites for hydroxylation is 1. The van der Waals surface area contributed by atoms with Crippen LogP contribution in [0.1, 0.15) is 15.9 Å². The average Bonchev–Trinajstić information content (AvgIpc) is 2.66. The molecule has 2 heterocycles. The van der Waals surface area contributed by atoms with Crippen molar-refractivity contribution in [2.45, 2.75) is 6.92 Å². The van der Waals surface area contributed by atoms with Crippen LogP contribution >= 0.6 is 15.9 Å². The molecule has 0 aliphatic carbocycles. The van der Waals surface area contributed by atoms with E-state index >= 15 is 0 Å². The van der Waals surface area contributed by atoms with Crippen molar-refractivity contribution in [1.82, 2.24) is 14.8 Å². The minimum absolute atomic E-state index is 0.356. The van der Waals surface area contributed by atoms with Crippen LogP contribution in [0.4, 0.5) is 0 Å². The number of halogens is 1. The fourth-order valence-corrected chi connectivity index (χ4v) is 1.91. The summed E-state index contributed by atoms with van der Waals surface area (Å²) in [5, 5.41) is 4.02. The van der Waals surface area contributed by atoms with Gasteiger partial charge in [0.1, 0.15) is 0 Å². The second-order valence-corrected chi connectivity index (χ2v) is 4.21. The van der Waals surface area contributed by atoms with E-state index < -0.39 is 5.91 Å². The topological polar surface area (TPSA) is 73.8 Å². The summed E-state index contributed by atoms with van der Waals surface area (Å²) in [6, 6.07) is 1.92. The number of hydrogen-bond donors (Lipinski definition) is 1. The summed E-state index contributed by atoms with van der Waals surface area (Å²) in [7, 11) is 0. The number of pyridine rings is 1. The van der Waals surface area contributed by atoms with Gasteiger partial charge in [-0.05, 0) is 34.5 Å². The molecule has 1 amide bonds. The molecule has 0 saturated heterocycles. The Morgan fingerprint density at radius 2 is 2.25 bits per heavy atom. The first-order valence-corrected chi connectivity index (χ1v) is 5.34. The first-order chi connectivity index (χ1) is 7.58. The Morgan fingerprint density at radius 1 is 1.50 bits per heavy atom. The maximum Gasteiger partial charge on any atom is 0.251 e. The van der Waals surface area contributed by atoms with Gasteiger partial charge in [0.15, 0.2) is 5.82 Å². The monoisotopic (exact) mass is 280 g/mol. The fraction of sp³-hybridized carbons (Fsp3) is 0.100. The van der Waals surface area contributed by atoms with Gasteiger partial charge < -0.3 is 5.73 Å². The maximum atomic E-state index is 10.9. The minimum atomic E-state index is -0.505. The second kappa shape index (κ2) is 4.05. The molecule has 0 aliphatic heterocycles. The van der Waals surface area contributed by atoms with E-state index in [1.165, 1.54) is 10.9 Å². The highest BCUT2D eigenvalue weighted by molar-refractivity contribution is 9.10. The molecular formula is C10H9BrN4O. The largest absolute Gasteiger partial charge is 0.366 e. The van der Waals surface area contributed by atoms with E-state index in [0.29, 0.717) is 11.4 Å². The molecule has 82 valence electrons. The first-order valence-electron chi connectivity index (χ1n) is 4.55. The number of carbonyl (C=O) groups excluding carboxylic acids is 1. The molecule has 2 aromatic heterocycles. The summed E-state index contributed by atoms with van der Waals surface area (Å²) in [6.07, 6.45) is 4.69. The lowest BCUT2D eigenvalue weighted by molar-refractivity contribution is 0.100. The Labute approximate surface area is 100 Å². The van der Waals surface area contributed by atoms with E-state index in [4.69, 9.17) is 5.73 Å². The highest BCUT2D eigenvalue weighted by Crippen LogP contribution is 2.19. The van der Waals surface area contributed by atoms with Gasteiger partial charge in [0.2, 0.25) is 0 Å². The molecule has 0 atom stereocenters. The summed E-state index contributed by atoms with van der Waals surface area (Å²) in [4.78, 5) is 15.1. The van der Waals surface area contributed by atoms with Crippen molar-refractivity contribution in [3.8, 4) is 5.82 Å². The van der Waals surface area contributed by atoms with Gasteiger partial charge in [0.25, 0.3) is 5.91 Å². The molecule has 0 fully saturated rings. The van der Waals surface area contributed by atoms with Crippen molar-refractivity contribution in [1.29, 1.82) is 0 Å².